The molecule has 104 valence electrons. The maximum atomic E-state index is 12.1. The summed E-state index contributed by atoms with van der Waals surface area (Å²) in [5, 5.41) is 5.51. The van der Waals surface area contributed by atoms with Crippen molar-refractivity contribution in [3.8, 4) is 0 Å². The van der Waals surface area contributed by atoms with Gasteiger partial charge in [0, 0.05) is 31.4 Å². The zero-order valence-electron chi connectivity index (χ0n) is 11.7. The molecule has 5 heteroatoms. The lowest BCUT2D eigenvalue weighted by molar-refractivity contribution is -0.118. The average Bonchev–Trinajstić information content (AvgIpc) is 2.46. The van der Waals surface area contributed by atoms with E-state index in [1.807, 2.05) is 13.8 Å². The standard InChI is InChI=1S/C14H21N3O2/c1-4-17(5-2)14(19)11-6-8-12(9-7-11)16-10-13(18)15-3/h6-9,16H,4-5,10H2,1-3H3,(H,15,18). The van der Waals surface area contributed by atoms with E-state index in [9.17, 15) is 9.59 Å². The van der Waals surface area contributed by atoms with Gasteiger partial charge in [-0.05, 0) is 38.1 Å². The summed E-state index contributed by atoms with van der Waals surface area (Å²) < 4.78 is 0. The van der Waals surface area contributed by atoms with Crippen LogP contribution in [0.3, 0.4) is 0 Å². The van der Waals surface area contributed by atoms with Crippen molar-refractivity contribution in [3.05, 3.63) is 29.8 Å². The summed E-state index contributed by atoms with van der Waals surface area (Å²) in [5.74, 6) is -0.0499. The van der Waals surface area contributed by atoms with Crippen molar-refractivity contribution in [2.24, 2.45) is 0 Å². The van der Waals surface area contributed by atoms with Crippen LogP contribution in [0.25, 0.3) is 0 Å². The van der Waals surface area contributed by atoms with Gasteiger partial charge in [0.1, 0.15) is 0 Å². The molecule has 19 heavy (non-hydrogen) atoms. The van der Waals surface area contributed by atoms with Gasteiger partial charge in [-0.3, -0.25) is 9.59 Å². The molecule has 0 aliphatic heterocycles. The Labute approximate surface area is 114 Å². The molecule has 5 nitrogen and oxygen atoms in total. The van der Waals surface area contributed by atoms with Crippen molar-refractivity contribution in [1.29, 1.82) is 0 Å². The fraction of sp³-hybridized carbons (Fsp3) is 0.429. The Bertz CT molecular complexity index is 425. The van der Waals surface area contributed by atoms with E-state index in [1.54, 1.807) is 36.2 Å². The highest BCUT2D eigenvalue weighted by atomic mass is 16.2. The molecular formula is C14H21N3O2. The highest BCUT2D eigenvalue weighted by Gasteiger charge is 2.11. The lowest BCUT2D eigenvalue weighted by Crippen LogP contribution is -2.30. The van der Waals surface area contributed by atoms with Crippen LogP contribution in [0.15, 0.2) is 24.3 Å². The Hall–Kier alpha value is -2.04. The second kappa shape index (κ2) is 7.41. The first-order chi connectivity index (χ1) is 9.12. The summed E-state index contributed by atoms with van der Waals surface area (Å²) in [6.45, 7) is 5.54. The number of rotatable bonds is 6. The summed E-state index contributed by atoms with van der Waals surface area (Å²) in [5.41, 5.74) is 1.48. The summed E-state index contributed by atoms with van der Waals surface area (Å²) in [7, 11) is 1.59. The van der Waals surface area contributed by atoms with Crippen LogP contribution in [0, 0.1) is 0 Å². The first kappa shape index (κ1) is 15.0. The number of hydrogen-bond acceptors (Lipinski definition) is 3. The predicted octanol–water partition coefficient (Wildman–Crippen LogP) is 1.33. The van der Waals surface area contributed by atoms with Crippen LogP contribution in [0.4, 0.5) is 5.69 Å². The van der Waals surface area contributed by atoms with Crippen LogP contribution >= 0.6 is 0 Å². The van der Waals surface area contributed by atoms with Crippen LogP contribution in [-0.2, 0) is 4.79 Å². The molecule has 1 aromatic rings. The van der Waals surface area contributed by atoms with Gasteiger partial charge in [-0.1, -0.05) is 0 Å². The second-order valence-electron chi connectivity index (χ2n) is 4.08. The second-order valence-corrected chi connectivity index (χ2v) is 4.08. The molecule has 1 rings (SSSR count). The third kappa shape index (κ3) is 4.28. The molecule has 0 atom stereocenters. The predicted molar refractivity (Wildman–Crippen MR) is 76.2 cm³/mol. The van der Waals surface area contributed by atoms with Crippen LogP contribution in [0.1, 0.15) is 24.2 Å². The van der Waals surface area contributed by atoms with Gasteiger partial charge in [-0.25, -0.2) is 0 Å². The monoisotopic (exact) mass is 263 g/mol. The maximum Gasteiger partial charge on any atom is 0.253 e. The van der Waals surface area contributed by atoms with Crippen LogP contribution in [0.5, 0.6) is 0 Å². The van der Waals surface area contributed by atoms with Gasteiger partial charge in [0.15, 0.2) is 0 Å². The minimum atomic E-state index is -0.0803. The van der Waals surface area contributed by atoms with Crippen molar-refractivity contribution in [3.63, 3.8) is 0 Å². The van der Waals surface area contributed by atoms with E-state index >= 15 is 0 Å². The van der Waals surface area contributed by atoms with Gasteiger partial charge in [-0.15, -0.1) is 0 Å². The molecule has 0 aliphatic carbocycles. The number of likely N-dealkylation sites (N-methyl/N-ethyl adjacent to an activating group) is 1. The Balaban J connectivity index is 2.65. The van der Waals surface area contributed by atoms with E-state index in [0.717, 1.165) is 5.69 Å². The highest BCUT2D eigenvalue weighted by molar-refractivity contribution is 5.94. The minimum absolute atomic E-state index is 0.0304. The van der Waals surface area contributed by atoms with Gasteiger partial charge >= 0.3 is 0 Å². The molecule has 0 aromatic heterocycles. The summed E-state index contributed by atoms with van der Waals surface area (Å²) in [6, 6.07) is 7.15. The zero-order valence-corrected chi connectivity index (χ0v) is 11.7. The Morgan fingerprint density at radius 3 is 2.16 bits per heavy atom. The molecule has 2 amide bonds. The smallest absolute Gasteiger partial charge is 0.253 e. The molecule has 2 N–H and O–H groups in total. The zero-order chi connectivity index (χ0) is 14.3. The lowest BCUT2D eigenvalue weighted by atomic mass is 10.2. The van der Waals surface area contributed by atoms with Gasteiger partial charge in [0.05, 0.1) is 6.54 Å². The quantitative estimate of drug-likeness (QED) is 0.814. The molecule has 0 fully saturated rings. The van der Waals surface area contributed by atoms with E-state index in [1.165, 1.54) is 0 Å². The minimum Gasteiger partial charge on any atom is -0.376 e. The van der Waals surface area contributed by atoms with E-state index in [0.29, 0.717) is 18.7 Å². The third-order valence-corrected chi connectivity index (χ3v) is 2.91. The van der Waals surface area contributed by atoms with E-state index in [2.05, 4.69) is 10.6 Å². The van der Waals surface area contributed by atoms with Crippen LogP contribution in [0.2, 0.25) is 0 Å². The van der Waals surface area contributed by atoms with Gasteiger partial charge < -0.3 is 15.5 Å². The number of carbonyl (C=O) groups excluding carboxylic acids is 2. The number of carbonyl (C=O) groups is 2. The SMILES string of the molecule is CCN(CC)C(=O)c1ccc(NCC(=O)NC)cc1. The lowest BCUT2D eigenvalue weighted by Gasteiger charge is -2.18. The molecule has 0 radical (unpaired) electrons. The summed E-state index contributed by atoms with van der Waals surface area (Å²) >= 11 is 0. The molecule has 0 unspecified atom stereocenters. The van der Waals surface area contributed by atoms with Crippen molar-refractivity contribution < 1.29 is 9.59 Å². The normalized spacial score (nSPS) is 9.84. The fourth-order valence-electron chi connectivity index (χ4n) is 1.69. The topological polar surface area (TPSA) is 61.4 Å². The van der Waals surface area contributed by atoms with Crippen molar-refractivity contribution in [2.45, 2.75) is 13.8 Å². The first-order valence-electron chi connectivity index (χ1n) is 6.46. The van der Waals surface area contributed by atoms with Crippen molar-refractivity contribution in [1.82, 2.24) is 10.2 Å². The molecule has 0 saturated carbocycles. The maximum absolute atomic E-state index is 12.1. The van der Waals surface area contributed by atoms with Gasteiger partial charge in [0.25, 0.3) is 5.91 Å². The largest absolute Gasteiger partial charge is 0.376 e. The van der Waals surface area contributed by atoms with Gasteiger partial charge in [-0.2, -0.15) is 0 Å². The molecule has 0 spiro atoms. The fourth-order valence-corrected chi connectivity index (χ4v) is 1.69. The molecule has 0 saturated heterocycles. The first-order valence-corrected chi connectivity index (χ1v) is 6.46. The van der Waals surface area contributed by atoms with E-state index in [-0.39, 0.29) is 18.4 Å². The Kier molecular flexibility index (Phi) is 5.85. The molecule has 0 heterocycles. The van der Waals surface area contributed by atoms with E-state index < -0.39 is 0 Å². The van der Waals surface area contributed by atoms with Crippen molar-refractivity contribution in [2.75, 3.05) is 32.0 Å². The number of nitrogens with zero attached hydrogens (tertiary/aromatic N) is 1. The Morgan fingerprint density at radius 1 is 1.11 bits per heavy atom. The molecular weight excluding hydrogens is 242 g/mol. The van der Waals surface area contributed by atoms with Crippen LogP contribution in [-0.4, -0.2) is 43.4 Å². The van der Waals surface area contributed by atoms with Gasteiger partial charge in [0.2, 0.25) is 5.91 Å². The van der Waals surface area contributed by atoms with Crippen molar-refractivity contribution >= 4 is 17.5 Å². The summed E-state index contributed by atoms with van der Waals surface area (Å²) in [6.07, 6.45) is 0. The number of nitrogens with one attached hydrogen (secondary N) is 2. The van der Waals surface area contributed by atoms with E-state index in [4.69, 9.17) is 0 Å². The molecule has 0 bridgehead atoms. The Morgan fingerprint density at radius 2 is 1.68 bits per heavy atom. The number of amides is 2. The highest BCUT2D eigenvalue weighted by Crippen LogP contribution is 2.11. The number of benzene rings is 1. The van der Waals surface area contributed by atoms with Crippen LogP contribution < -0.4 is 10.6 Å². The molecule has 1 aromatic carbocycles. The number of anilines is 1. The third-order valence-electron chi connectivity index (χ3n) is 2.91. The average molecular weight is 263 g/mol. The number of hydrogen-bond donors (Lipinski definition) is 2. The summed E-state index contributed by atoms with van der Waals surface area (Å²) in [4.78, 5) is 24.9. The molecule has 0 aliphatic rings.